The fourth-order valence-corrected chi connectivity index (χ4v) is 2.68. The number of rotatable bonds is 3. The molecule has 0 saturated carbocycles. The Hall–Kier alpha value is -2.44. The van der Waals surface area contributed by atoms with Crippen LogP contribution in [0, 0.1) is 11.7 Å². The summed E-state index contributed by atoms with van der Waals surface area (Å²) in [6, 6.07) is 3.23. The predicted octanol–water partition coefficient (Wildman–Crippen LogP) is 1.72. The second-order valence-electron chi connectivity index (χ2n) is 5.35. The van der Waals surface area contributed by atoms with Gasteiger partial charge >= 0.3 is 5.97 Å². The van der Waals surface area contributed by atoms with Crippen LogP contribution in [0.15, 0.2) is 18.2 Å². The van der Waals surface area contributed by atoms with Gasteiger partial charge in [0.15, 0.2) is 0 Å². The first-order valence-corrected chi connectivity index (χ1v) is 6.92. The number of halogens is 1. The van der Waals surface area contributed by atoms with Crippen LogP contribution in [0.1, 0.15) is 30.6 Å². The van der Waals surface area contributed by atoms with Crippen molar-refractivity contribution in [3.63, 3.8) is 0 Å². The number of carboxylic acid groups (broad SMARTS) is 1. The van der Waals surface area contributed by atoms with Gasteiger partial charge in [-0.05, 0) is 31.5 Å². The molecule has 0 spiro atoms. The van der Waals surface area contributed by atoms with Gasteiger partial charge in [-0.1, -0.05) is 0 Å². The van der Waals surface area contributed by atoms with Crippen LogP contribution in [-0.2, 0) is 9.59 Å². The summed E-state index contributed by atoms with van der Waals surface area (Å²) < 4.78 is 13.9. The molecule has 22 heavy (non-hydrogen) atoms. The highest BCUT2D eigenvalue weighted by molar-refractivity contribution is 5.97. The van der Waals surface area contributed by atoms with Gasteiger partial charge in [-0.3, -0.25) is 14.4 Å². The number of nitrogens with one attached hydrogen (secondary N) is 1. The molecule has 1 aromatic carbocycles. The zero-order valence-corrected chi connectivity index (χ0v) is 12.3. The average Bonchev–Trinajstić information content (AvgIpc) is 2.81. The molecule has 1 saturated heterocycles. The normalized spacial score (nSPS) is 20.8. The molecule has 2 N–H and O–H groups in total. The molecular weight excluding hydrogens is 291 g/mol. The monoisotopic (exact) mass is 308 g/mol. The van der Waals surface area contributed by atoms with E-state index in [-0.39, 0.29) is 18.0 Å². The maximum atomic E-state index is 13.9. The number of carbonyl (C=O) groups excluding carboxylic acids is 2. The summed E-state index contributed by atoms with van der Waals surface area (Å²) in [6.45, 7) is 3.21. The minimum absolute atomic E-state index is 0.177. The van der Waals surface area contributed by atoms with Crippen LogP contribution < -0.4 is 5.32 Å². The fraction of sp³-hybridized carbons (Fsp3) is 0.400. The lowest BCUT2D eigenvalue weighted by Gasteiger charge is -2.23. The number of carbonyl (C=O) groups is 3. The Kier molecular flexibility index (Phi) is 4.44. The Morgan fingerprint density at radius 3 is 2.59 bits per heavy atom. The summed E-state index contributed by atoms with van der Waals surface area (Å²) in [5.41, 5.74) is 0.142. The summed E-state index contributed by atoms with van der Waals surface area (Å²) in [7, 11) is 0. The Bertz CT molecular complexity index is 632. The van der Waals surface area contributed by atoms with Crippen LogP contribution in [0.3, 0.4) is 0 Å². The number of nitrogens with zero attached hydrogens (tertiary/aromatic N) is 1. The molecule has 2 unspecified atom stereocenters. The van der Waals surface area contributed by atoms with Gasteiger partial charge in [0.1, 0.15) is 5.82 Å². The third-order valence-electron chi connectivity index (χ3n) is 3.85. The first kappa shape index (κ1) is 15.9. The van der Waals surface area contributed by atoms with Gasteiger partial charge < -0.3 is 15.3 Å². The van der Waals surface area contributed by atoms with Crippen molar-refractivity contribution in [1.82, 2.24) is 4.90 Å². The number of benzene rings is 1. The molecule has 1 heterocycles. The molecular formula is C15H17FN2O4. The van der Waals surface area contributed by atoms with E-state index < -0.39 is 29.7 Å². The Morgan fingerprint density at radius 1 is 1.36 bits per heavy atom. The molecule has 1 aliphatic rings. The van der Waals surface area contributed by atoms with Crippen LogP contribution >= 0.6 is 0 Å². The van der Waals surface area contributed by atoms with E-state index in [2.05, 4.69) is 5.32 Å². The molecule has 118 valence electrons. The molecule has 7 heteroatoms. The van der Waals surface area contributed by atoms with Gasteiger partial charge in [0, 0.05) is 25.2 Å². The first-order valence-electron chi connectivity index (χ1n) is 6.92. The third kappa shape index (κ3) is 3.08. The Labute approximate surface area is 126 Å². The van der Waals surface area contributed by atoms with Crippen molar-refractivity contribution in [3.05, 3.63) is 29.6 Å². The lowest BCUT2D eigenvalue weighted by atomic mass is 10.0. The highest BCUT2D eigenvalue weighted by atomic mass is 19.1. The van der Waals surface area contributed by atoms with Gasteiger partial charge in [0.05, 0.1) is 11.5 Å². The van der Waals surface area contributed by atoms with Gasteiger partial charge in [-0.25, -0.2) is 4.39 Å². The molecule has 0 radical (unpaired) electrons. The lowest BCUT2D eigenvalue weighted by molar-refractivity contribution is -0.142. The van der Waals surface area contributed by atoms with Crippen molar-refractivity contribution in [2.24, 2.45) is 5.92 Å². The molecule has 6 nitrogen and oxygen atoms in total. The van der Waals surface area contributed by atoms with Crippen molar-refractivity contribution in [2.45, 2.75) is 26.3 Å². The predicted molar refractivity (Wildman–Crippen MR) is 76.9 cm³/mol. The molecule has 2 rings (SSSR count). The van der Waals surface area contributed by atoms with Crippen LogP contribution in [0.5, 0.6) is 0 Å². The van der Waals surface area contributed by atoms with Crippen LogP contribution in [0.25, 0.3) is 0 Å². The number of aliphatic carboxylic acids is 1. The Balaban J connectivity index is 2.26. The largest absolute Gasteiger partial charge is 0.481 e. The zero-order valence-electron chi connectivity index (χ0n) is 12.3. The van der Waals surface area contributed by atoms with Gasteiger partial charge in [-0.2, -0.15) is 0 Å². The quantitative estimate of drug-likeness (QED) is 0.890. The molecule has 1 fully saturated rings. The van der Waals surface area contributed by atoms with Crippen molar-refractivity contribution in [3.8, 4) is 0 Å². The SMILES string of the molecule is CC(=O)Nc1ccc(F)c(C(=O)N2CCC(C(=O)O)C2C)c1. The van der Waals surface area contributed by atoms with E-state index in [1.165, 1.54) is 24.0 Å². The smallest absolute Gasteiger partial charge is 0.308 e. The average molecular weight is 308 g/mol. The van der Waals surface area contributed by atoms with Gasteiger partial charge in [0.2, 0.25) is 5.91 Å². The first-order chi connectivity index (χ1) is 10.3. The summed E-state index contributed by atoms with van der Waals surface area (Å²) in [5.74, 6) is -3.21. The number of likely N-dealkylation sites (tertiary alicyclic amines) is 1. The number of hydrogen-bond donors (Lipinski definition) is 2. The maximum absolute atomic E-state index is 13.9. The third-order valence-corrected chi connectivity index (χ3v) is 3.85. The van der Waals surface area contributed by atoms with E-state index in [9.17, 15) is 18.8 Å². The van der Waals surface area contributed by atoms with Crippen molar-refractivity contribution in [2.75, 3.05) is 11.9 Å². The standard InChI is InChI=1S/C15H17FN2O4/c1-8-11(15(21)22)5-6-18(8)14(20)12-7-10(17-9(2)19)3-4-13(12)16/h3-4,7-8,11H,5-6H2,1-2H3,(H,17,19)(H,21,22). The summed E-state index contributed by atoms with van der Waals surface area (Å²) in [4.78, 5) is 36.0. The number of hydrogen-bond acceptors (Lipinski definition) is 3. The second kappa shape index (κ2) is 6.13. The van der Waals surface area contributed by atoms with Crippen molar-refractivity contribution in [1.29, 1.82) is 0 Å². The van der Waals surface area contributed by atoms with Crippen molar-refractivity contribution >= 4 is 23.5 Å². The van der Waals surface area contributed by atoms with Crippen LogP contribution in [0.4, 0.5) is 10.1 Å². The van der Waals surface area contributed by atoms with Crippen molar-refractivity contribution < 1.29 is 23.9 Å². The van der Waals surface area contributed by atoms with Gasteiger partial charge in [-0.15, -0.1) is 0 Å². The van der Waals surface area contributed by atoms with E-state index in [0.29, 0.717) is 12.1 Å². The van der Waals surface area contributed by atoms with E-state index in [0.717, 1.165) is 6.07 Å². The topological polar surface area (TPSA) is 86.7 Å². The fourth-order valence-electron chi connectivity index (χ4n) is 2.68. The molecule has 0 bridgehead atoms. The van der Waals surface area contributed by atoms with E-state index in [1.54, 1.807) is 6.92 Å². The number of anilines is 1. The maximum Gasteiger partial charge on any atom is 0.308 e. The molecule has 1 aromatic rings. The highest BCUT2D eigenvalue weighted by Crippen LogP contribution is 2.27. The lowest BCUT2D eigenvalue weighted by Crippen LogP contribution is -2.38. The molecule has 2 amide bonds. The zero-order chi connectivity index (χ0) is 16.4. The van der Waals surface area contributed by atoms with Crippen LogP contribution in [-0.4, -0.2) is 40.4 Å². The van der Waals surface area contributed by atoms with E-state index in [1.807, 2.05) is 0 Å². The Morgan fingerprint density at radius 2 is 2.05 bits per heavy atom. The molecule has 0 aliphatic carbocycles. The van der Waals surface area contributed by atoms with E-state index >= 15 is 0 Å². The summed E-state index contributed by atoms with van der Waals surface area (Å²) >= 11 is 0. The minimum atomic E-state index is -0.963. The molecule has 2 atom stereocenters. The molecule has 0 aromatic heterocycles. The second-order valence-corrected chi connectivity index (χ2v) is 5.35. The number of amides is 2. The van der Waals surface area contributed by atoms with E-state index in [4.69, 9.17) is 5.11 Å². The highest BCUT2D eigenvalue weighted by Gasteiger charge is 2.39. The summed E-state index contributed by atoms with van der Waals surface area (Å²) in [5, 5.41) is 11.6. The minimum Gasteiger partial charge on any atom is -0.481 e. The van der Waals surface area contributed by atoms with Crippen LogP contribution in [0.2, 0.25) is 0 Å². The van der Waals surface area contributed by atoms with Gasteiger partial charge in [0.25, 0.3) is 5.91 Å². The summed E-state index contributed by atoms with van der Waals surface area (Å²) in [6.07, 6.45) is 0.343. The molecule has 1 aliphatic heterocycles. The number of carboxylic acids is 1.